The van der Waals surface area contributed by atoms with Crippen molar-refractivity contribution in [3.05, 3.63) is 21.0 Å². The van der Waals surface area contributed by atoms with Crippen LogP contribution < -0.4 is 0 Å². The van der Waals surface area contributed by atoms with Gasteiger partial charge in [0.1, 0.15) is 0 Å². The molecular weight excluding hydrogens is 294 g/mol. The summed E-state index contributed by atoms with van der Waals surface area (Å²) in [4.78, 5) is 6.47. The normalized spacial score (nSPS) is 13.2. The number of hydrogen-bond donors (Lipinski definition) is 1. The summed E-state index contributed by atoms with van der Waals surface area (Å²) in [5.74, 6) is 0. The first-order valence-corrected chi connectivity index (χ1v) is 8.98. The van der Waals surface area contributed by atoms with Crippen LogP contribution in [0.3, 0.4) is 0 Å². The van der Waals surface area contributed by atoms with E-state index >= 15 is 0 Å². The molecule has 13 heavy (non-hydrogen) atoms. The molecule has 0 radical (unpaired) electrons. The molecule has 1 aromatic heterocycles. The third-order valence-corrected chi connectivity index (χ3v) is 5.23. The fourth-order valence-corrected chi connectivity index (χ4v) is 4.60. The van der Waals surface area contributed by atoms with Crippen LogP contribution in [0, 0.1) is 10.5 Å². The van der Waals surface area contributed by atoms with Gasteiger partial charge in [0.2, 0.25) is 0 Å². The molecule has 0 aliphatic heterocycles. The van der Waals surface area contributed by atoms with Crippen LogP contribution in [0.2, 0.25) is 0 Å². The number of H-pyrrole nitrogens is 1. The summed E-state index contributed by atoms with van der Waals surface area (Å²) in [5.41, 5.74) is 0.197. The molecule has 1 rings (SSSR count). The molecule has 0 fully saturated rings. The van der Waals surface area contributed by atoms with Gasteiger partial charge in [0.25, 0.3) is 0 Å². The van der Waals surface area contributed by atoms with Gasteiger partial charge in [-0.2, -0.15) is 0 Å². The van der Waals surface area contributed by atoms with E-state index in [0.717, 1.165) is 6.20 Å². The van der Waals surface area contributed by atoms with Crippen molar-refractivity contribution in [3.8, 4) is 0 Å². The molecular formula is C8H11F3IN. The van der Waals surface area contributed by atoms with Crippen LogP contribution in [0.15, 0.2) is 6.20 Å². The molecule has 0 aliphatic carbocycles. The standard InChI is InChI=1S/C8H11F3IN/c1-5-7(12(2)3)6(4-13-5)8(9,10)11/h4,13H,1-3H3. The zero-order valence-electron chi connectivity index (χ0n) is 7.59. The molecule has 1 heterocycles. The number of aromatic amines is 1. The van der Waals surface area contributed by atoms with Crippen molar-refractivity contribution in [1.82, 2.24) is 4.98 Å². The number of hydrogen-bond acceptors (Lipinski definition) is 0. The summed E-state index contributed by atoms with van der Waals surface area (Å²) in [5, 5.41) is 0. The van der Waals surface area contributed by atoms with Crippen molar-refractivity contribution in [3.63, 3.8) is 0 Å². The first-order valence-electron chi connectivity index (χ1n) is 3.59. The van der Waals surface area contributed by atoms with Crippen molar-refractivity contribution in [2.45, 2.75) is 13.1 Å². The monoisotopic (exact) mass is 305 g/mol. The Morgan fingerprint density at radius 1 is 1.31 bits per heavy atom. The molecule has 1 aromatic rings. The first kappa shape index (κ1) is 10.9. The predicted molar refractivity (Wildman–Crippen MR) is 55.1 cm³/mol. The Balaban J connectivity index is 3.23. The van der Waals surface area contributed by atoms with E-state index in [1.54, 1.807) is 6.92 Å². The average Bonchev–Trinajstić information content (AvgIpc) is 2.28. The van der Waals surface area contributed by atoms with Crippen molar-refractivity contribution in [2.75, 3.05) is 9.86 Å². The summed E-state index contributed by atoms with van der Waals surface area (Å²) in [6, 6.07) is 0. The molecule has 5 heteroatoms. The van der Waals surface area contributed by atoms with Crippen LogP contribution in [0.25, 0.3) is 0 Å². The number of nitrogens with one attached hydrogen (secondary N) is 1. The number of aryl methyl sites for hydroxylation is 1. The van der Waals surface area contributed by atoms with Crippen molar-refractivity contribution in [1.29, 1.82) is 0 Å². The minimum absolute atomic E-state index is 0.472. The maximum absolute atomic E-state index is 12.4. The van der Waals surface area contributed by atoms with Crippen LogP contribution >= 0.6 is 19.8 Å². The van der Waals surface area contributed by atoms with Gasteiger partial charge in [-0.3, -0.25) is 0 Å². The van der Waals surface area contributed by atoms with Crippen molar-refractivity contribution in [2.24, 2.45) is 0 Å². The second-order valence-electron chi connectivity index (χ2n) is 2.90. The first-order chi connectivity index (χ1) is 5.84. The van der Waals surface area contributed by atoms with E-state index in [-0.39, 0.29) is 0 Å². The molecule has 1 nitrogen and oxygen atoms in total. The van der Waals surface area contributed by atoms with Gasteiger partial charge in [0, 0.05) is 0 Å². The Kier molecular flexibility index (Phi) is 2.94. The van der Waals surface area contributed by atoms with E-state index in [4.69, 9.17) is 0 Å². The van der Waals surface area contributed by atoms with Gasteiger partial charge in [0.15, 0.2) is 0 Å². The molecule has 0 spiro atoms. The van der Waals surface area contributed by atoms with E-state index in [9.17, 15) is 13.2 Å². The Hall–Kier alpha value is -0.200. The number of rotatable bonds is 1. The Morgan fingerprint density at radius 2 is 1.85 bits per heavy atom. The van der Waals surface area contributed by atoms with E-state index in [1.807, 2.05) is 9.86 Å². The predicted octanol–water partition coefficient (Wildman–Crippen LogP) is 3.28. The summed E-state index contributed by atoms with van der Waals surface area (Å²) >= 11 is -1.58. The molecule has 76 valence electrons. The third kappa shape index (κ3) is 2.18. The molecule has 0 aromatic carbocycles. The molecule has 0 unspecified atom stereocenters. The van der Waals surface area contributed by atoms with Crippen molar-refractivity contribution >= 4 is 19.8 Å². The summed E-state index contributed by atoms with van der Waals surface area (Å²) in [7, 11) is 0. The van der Waals surface area contributed by atoms with Crippen LogP contribution in [-0.2, 0) is 6.18 Å². The molecule has 0 atom stereocenters. The fraction of sp³-hybridized carbons (Fsp3) is 0.500. The quantitative estimate of drug-likeness (QED) is 0.605. The number of aromatic nitrogens is 1. The van der Waals surface area contributed by atoms with Gasteiger partial charge >= 0.3 is 82.0 Å². The topological polar surface area (TPSA) is 15.8 Å². The second-order valence-corrected chi connectivity index (χ2v) is 8.29. The van der Waals surface area contributed by atoms with E-state index in [1.165, 1.54) is 0 Å². The molecule has 1 N–H and O–H groups in total. The van der Waals surface area contributed by atoms with Gasteiger partial charge in [0.05, 0.1) is 0 Å². The fourth-order valence-electron chi connectivity index (χ4n) is 1.20. The summed E-state index contributed by atoms with van der Waals surface area (Å²) in [6.07, 6.45) is -3.13. The minimum atomic E-state index is -4.21. The van der Waals surface area contributed by atoms with Gasteiger partial charge in [-0.05, 0) is 0 Å². The van der Waals surface area contributed by atoms with Crippen LogP contribution in [-0.4, -0.2) is 14.8 Å². The average molecular weight is 305 g/mol. The third-order valence-electron chi connectivity index (χ3n) is 1.68. The second kappa shape index (κ2) is 3.51. The van der Waals surface area contributed by atoms with Gasteiger partial charge in [-0.1, -0.05) is 0 Å². The van der Waals surface area contributed by atoms with Crippen molar-refractivity contribution < 1.29 is 13.2 Å². The molecule has 0 bridgehead atoms. The van der Waals surface area contributed by atoms with Gasteiger partial charge in [-0.25, -0.2) is 0 Å². The molecule has 0 saturated carbocycles. The molecule has 0 aliphatic rings. The number of halogens is 4. The van der Waals surface area contributed by atoms with Crippen LogP contribution in [0.1, 0.15) is 11.3 Å². The summed E-state index contributed by atoms with van der Waals surface area (Å²) < 4.78 is 37.8. The van der Waals surface area contributed by atoms with Gasteiger partial charge in [-0.15, -0.1) is 0 Å². The number of alkyl halides is 5. The summed E-state index contributed by atoms with van der Waals surface area (Å²) in [6.45, 7) is 1.70. The van der Waals surface area contributed by atoms with E-state index < -0.39 is 31.6 Å². The Labute approximate surface area is 82.1 Å². The molecule has 0 amide bonds. The van der Waals surface area contributed by atoms with Crippen LogP contribution in [0.5, 0.6) is 0 Å². The van der Waals surface area contributed by atoms with E-state index in [0.29, 0.717) is 9.26 Å². The maximum atomic E-state index is 12.4. The zero-order valence-corrected chi connectivity index (χ0v) is 9.75. The van der Waals surface area contributed by atoms with Gasteiger partial charge < -0.3 is 0 Å². The SMILES string of the molecule is Cc1[nH]cc(C(F)(F)F)c1I(C)C. The van der Waals surface area contributed by atoms with Crippen LogP contribution in [0.4, 0.5) is 13.2 Å². The zero-order chi connectivity index (χ0) is 10.2. The Bertz CT molecular complexity index is 301. The van der Waals surface area contributed by atoms with E-state index in [2.05, 4.69) is 4.98 Å². The molecule has 0 saturated heterocycles. The Morgan fingerprint density at radius 3 is 2.15 bits per heavy atom.